The van der Waals surface area contributed by atoms with Crippen molar-refractivity contribution < 1.29 is 5.11 Å². The third-order valence-electron chi connectivity index (χ3n) is 5.86. The van der Waals surface area contributed by atoms with E-state index in [-0.39, 0.29) is 0 Å². The van der Waals surface area contributed by atoms with Gasteiger partial charge in [0.1, 0.15) is 0 Å². The minimum Gasteiger partial charge on any atom is -0.384 e. The molecule has 3 heterocycles. The molecule has 23 heavy (non-hydrogen) atoms. The van der Waals surface area contributed by atoms with Crippen molar-refractivity contribution in [1.82, 2.24) is 4.90 Å². The van der Waals surface area contributed by atoms with E-state index in [2.05, 4.69) is 41.3 Å². The first-order valence-electron chi connectivity index (χ1n) is 8.80. The normalized spacial score (nSPS) is 29.2. The highest BCUT2D eigenvalue weighted by Crippen LogP contribution is 2.45. The Morgan fingerprint density at radius 1 is 0.913 bits per heavy atom. The number of nitrogens with zero attached hydrogens (tertiary/aromatic N) is 1. The topological polar surface area (TPSA) is 23.5 Å². The minimum absolute atomic E-state index is 0.326. The van der Waals surface area contributed by atoms with Crippen LogP contribution in [0.25, 0.3) is 0 Å². The molecule has 2 atom stereocenters. The molecular formula is C21H25NO. The van der Waals surface area contributed by atoms with Crippen LogP contribution in [-0.4, -0.2) is 29.6 Å². The molecule has 2 aromatic carbocycles. The zero-order chi connectivity index (χ0) is 15.7. The standard InChI is InChI=1S/C21H25NO/c23-21(19-9-5-2-6-10-19,15-17-7-3-1-4-8-17)20-16-22-13-11-18(20)12-14-22/h1-10,18,20,23H,11-16H2/t20-,21-/m0/s1. The summed E-state index contributed by atoms with van der Waals surface area (Å²) < 4.78 is 0. The van der Waals surface area contributed by atoms with Crippen LogP contribution in [0, 0.1) is 11.8 Å². The fourth-order valence-electron chi connectivity index (χ4n) is 4.59. The van der Waals surface area contributed by atoms with Crippen LogP contribution in [0.15, 0.2) is 60.7 Å². The van der Waals surface area contributed by atoms with E-state index in [4.69, 9.17) is 0 Å². The maximum Gasteiger partial charge on any atom is 0.0979 e. The van der Waals surface area contributed by atoms with Crippen molar-refractivity contribution in [2.75, 3.05) is 19.6 Å². The first-order chi connectivity index (χ1) is 11.3. The number of piperidine rings is 3. The zero-order valence-electron chi connectivity index (χ0n) is 13.6. The molecule has 3 aliphatic rings. The van der Waals surface area contributed by atoms with Crippen LogP contribution in [0.4, 0.5) is 0 Å². The van der Waals surface area contributed by atoms with Gasteiger partial charge >= 0.3 is 0 Å². The predicted octanol–water partition coefficient (Wildman–Crippen LogP) is 3.46. The Hall–Kier alpha value is -1.64. The third-order valence-corrected chi connectivity index (χ3v) is 5.86. The Morgan fingerprint density at radius 2 is 1.52 bits per heavy atom. The number of benzene rings is 2. The number of aliphatic hydroxyl groups is 1. The summed E-state index contributed by atoms with van der Waals surface area (Å²) in [5, 5.41) is 11.9. The van der Waals surface area contributed by atoms with Gasteiger partial charge in [-0.3, -0.25) is 0 Å². The Balaban J connectivity index is 1.72. The minimum atomic E-state index is -0.771. The molecule has 0 saturated carbocycles. The van der Waals surface area contributed by atoms with Gasteiger partial charge < -0.3 is 10.0 Å². The van der Waals surface area contributed by atoms with Gasteiger partial charge in [-0.05, 0) is 43.0 Å². The van der Waals surface area contributed by atoms with Crippen LogP contribution in [0.3, 0.4) is 0 Å². The highest BCUT2D eigenvalue weighted by Gasteiger charge is 2.47. The highest BCUT2D eigenvalue weighted by molar-refractivity contribution is 5.29. The molecule has 0 aliphatic carbocycles. The van der Waals surface area contributed by atoms with Gasteiger partial charge in [0.15, 0.2) is 0 Å². The summed E-state index contributed by atoms with van der Waals surface area (Å²) in [4.78, 5) is 2.53. The van der Waals surface area contributed by atoms with Crippen molar-refractivity contribution in [3.63, 3.8) is 0 Å². The summed E-state index contributed by atoms with van der Waals surface area (Å²) in [6.07, 6.45) is 3.16. The molecule has 0 radical (unpaired) electrons. The zero-order valence-corrected chi connectivity index (χ0v) is 13.6. The van der Waals surface area contributed by atoms with E-state index in [0.29, 0.717) is 18.3 Å². The van der Waals surface area contributed by atoms with E-state index < -0.39 is 5.60 Å². The van der Waals surface area contributed by atoms with Gasteiger partial charge in [0.25, 0.3) is 0 Å². The smallest absolute Gasteiger partial charge is 0.0979 e. The van der Waals surface area contributed by atoms with Crippen molar-refractivity contribution in [3.8, 4) is 0 Å². The van der Waals surface area contributed by atoms with Crippen LogP contribution >= 0.6 is 0 Å². The van der Waals surface area contributed by atoms with Gasteiger partial charge in [-0.1, -0.05) is 60.7 Å². The molecule has 0 aromatic heterocycles. The molecule has 3 saturated heterocycles. The Kier molecular flexibility index (Phi) is 3.96. The molecule has 3 aliphatic heterocycles. The molecule has 5 rings (SSSR count). The SMILES string of the molecule is O[C@@](Cc1ccccc1)(c1ccccc1)[C@H]1CN2CCC1CC2. The van der Waals surface area contributed by atoms with Gasteiger partial charge in [0, 0.05) is 18.9 Å². The predicted molar refractivity (Wildman–Crippen MR) is 93.1 cm³/mol. The molecule has 2 heteroatoms. The second-order valence-electron chi connectivity index (χ2n) is 7.20. The lowest BCUT2D eigenvalue weighted by Crippen LogP contribution is -2.55. The van der Waals surface area contributed by atoms with Crippen LogP contribution in [0.1, 0.15) is 24.0 Å². The summed E-state index contributed by atoms with van der Waals surface area (Å²) in [6.45, 7) is 3.44. The summed E-state index contributed by atoms with van der Waals surface area (Å²) in [7, 11) is 0. The second-order valence-corrected chi connectivity index (χ2v) is 7.20. The maximum absolute atomic E-state index is 11.9. The van der Waals surface area contributed by atoms with Crippen LogP contribution in [0.5, 0.6) is 0 Å². The van der Waals surface area contributed by atoms with Crippen molar-refractivity contribution in [3.05, 3.63) is 71.8 Å². The molecule has 2 nitrogen and oxygen atoms in total. The van der Waals surface area contributed by atoms with Gasteiger partial charge in [0.2, 0.25) is 0 Å². The van der Waals surface area contributed by atoms with E-state index in [9.17, 15) is 5.11 Å². The highest BCUT2D eigenvalue weighted by atomic mass is 16.3. The van der Waals surface area contributed by atoms with E-state index in [1.54, 1.807) is 0 Å². The number of rotatable bonds is 4. The molecule has 2 bridgehead atoms. The van der Waals surface area contributed by atoms with Crippen molar-refractivity contribution in [1.29, 1.82) is 0 Å². The lowest BCUT2D eigenvalue weighted by molar-refractivity contribution is -0.101. The maximum atomic E-state index is 11.9. The van der Waals surface area contributed by atoms with Crippen molar-refractivity contribution in [2.24, 2.45) is 11.8 Å². The molecule has 2 aromatic rings. The van der Waals surface area contributed by atoms with E-state index in [1.807, 2.05) is 24.3 Å². The molecule has 0 spiro atoms. The Labute approximate surface area is 138 Å². The molecule has 0 unspecified atom stereocenters. The quantitative estimate of drug-likeness (QED) is 0.935. The Morgan fingerprint density at radius 3 is 2.09 bits per heavy atom. The summed E-state index contributed by atoms with van der Waals surface area (Å²) in [6, 6.07) is 20.8. The van der Waals surface area contributed by atoms with Gasteiger partial charge in [-0.25, -0.2) is 0 Å². The van der Waals surface area contributed by atoms with Crippen molar-refractivity contribution >= 4 is 0 Å². The fraction of sp³-hybridized carbons (Fsp3) is 0.429. The largest absolute Gasteiger partial charge is 0.384 e. The fourth-order valence-corrected chi connectivity index (χ4v) is 4.59. The molecule has 0 amide bonds. The average Bonchev–Trinajstić information content (AvgIpc) is 2.64. The number of hydrogen-bond donors (Lipinski definition) is 1. The van der Waals surface area contributed by atoms with Crippen molar-refractivity contribution in [2.45, 2.75) is 24.9 Å². The first kappa shape index (κ1) is 14.9. The van der Waals surface area contributed by atoms with Gasteiger partial charge in [-0.15, -0.1) is 0 Å². The lowest BCUT2D eigenvalue weighted by Gasteiger charge is -2.51. The van der Waals surface area contributed by atoms with Gasteiger partial charge in [-0.2, -0.15) is 0 Å². The van der Waals surface area contributed by atoms with E-state index >= 15 is 0 Å². The number of hydrogen-bond acceptors (Lipinski definition) is 2. The molecule has 1 N–H and O–H groups in total. The summed E-state index contributed by atoms with van der Waals surface area (Å²) >= 11 is 0. The Bertz CT molecular complexity index is 633. The van der Waals surface area contributed by atoms with Gasteiger partial charge in [0.05, 0.1) is 5.60 Å². The molecule has 120 valence electrons. The first-order valence-corrected chi connectivity index (χ1v) is 8.80. The summed E-state index contributed by atoms with van der Waals surface area (Å²) in [5.74, 6) is 0.974. The van der Waals surface area contributed by atoms with E-state index in [0.717, 1.165) is 12.1 Å². The van der Waals surface area contributed by atoms with E-state index in [1.165, 1.54) is 31.5 Å². The second kappa shape index (κ2) is 6.10. The molecule has 3 fully saturated rings. The average molecular weight is 307 g/mol. The molecular weight excluding hydrogens is 282 g/mol. The third kappa shape index (κ3) is 2.82. The lowest BCUT2D eigenvalue weighted by atomic mass is 9.66. The monoisotopic (exact) mass is 307 g/mol. The summed E-state index contributed by atoms with van der Waals surface area (Å²) in [5.41, 5.74) is 1.52. The van der Waals surface area contributed by atoms with Crippen LogP contribution in [0.2, 0.25) is 0 Å². The van der Waals surface area contributed by atoms with Crippen LogP contribution < -0.4 is 0 Å². The van der Waals surface area contributed by atoms with Crippen LogP contribution in [-0.2, 0) is 12.0 Å². The number of fused-ring (bicyclic) bond motifs is 3.